The van der Waals surface area contributed by atoms with Crippen LogP contribution >= 0.6 is 0 Å². The van der Waals surface area contributed by atoms with Crippen LogP contribution in [0.15, 0.2) is 66.4 Å². The van der Waals surface area contributed by atoms with E-state index < -0.39 is 17.6 Å². The van der Waals surface area contributed by atoms with Crippen LogP contribution in [0.25, 0.3) is 5.57 Å². The summed E-state index contributed by atoms with van der Waals surface area (Å²) < 4.78 is 25.2. The molecule has 0 aliphatic carbocycles. The van der Waals surface area contributed by atoms with Crippen molar-refractivity contribution in [2.45, 2.75) is 13.8 Å². The standard InChI is InChI=1S/C26H23FN2O4/c1-15-9-11-19(16(2)13-15)28-24-23(17-10-12-21(32-3)22(14-17)33-4)25(30)29(26(24)31)20-8-6-5-7-18(20)27/h5-14,28H,1-4H3. The quantitative estimate of drug-likeness (QED) is 0.548. The number of imide groups is 1. The number of benzene rings is 3. The zero-order chi connectivity index (χ0) is 23.7. The monoisotopic (exact) mass is 446 g/mol. The molecule has 0 spiro atoms. The van der Waals surface area contributed by atoms with Gasteiger partial charge in [-0.25, -0.2) is 9.29 Å². The summed E-state index contributed by atoms with van der Waals surface area (Å²) in [6, 6.07) is 16.3. The van der Waals surface area contributed by atoms with Crippen LogP contribution in [-0.4, -0.2) is 26.0 Å². The minimum absolute atomic E-state index is 0.0578. The molecule has 0 unspecified atom stereocenters. The average Bonchev–Trinajstić information content (AvgIpc) is 3.04. The van der Waals surface area contributed by atoms with Crippen LogP contribution in [-0.2, 0) is 9.59 Å². The Hall–Kier alpha value is -4.13. The van der Waals surface area contributed by atoms with Crippen LogP contribution in [0.5, 0.6) is 11.5 Å². The number of ether oxygens (including phenoxy) is 2. The third kappa shape index (κ3) is 3.93. The lowest BCUT2D eigenvalue weighted by atomic mass is 10.0. The molecule has 168 valence electrons. The molecule has 6 nitrogen and oxygen atoms in total. The van der Waals surface area contributed by atoms with Gasteiger partial charge in [0.05, 0.1) is 25.5 Å². The fraction of sp³-hybridized carbons (Fsp3) is 0.154. The van der Waals surface area contributed by atoms with Crippen LogP contribution in [0.3, 0.4) is 0 Å². The number of nitrogens with zero attached hydrogens (tertiary/aromatic N) is 1. The Morgan fingerprint density at radius 1 is 0.848 bits per heavy atom. The van der Waals surface area contributed by atoms with Crippen molar-refractivity contribution in [3.8, 4) is 11.5 Å². The lowest BCUT2D eigenvalue weighted by molar-refractivity contribution is -0.120. The Kier molecular flexibility index (Phi) is 5.87. The summed E-state index contributed by atoms with van der Waals surface area (Å²) in [4.78, 5) is 27.9. The number of para-hydroxylation sites is 1. The van der Waals surface area contributed by atoms with Crippen LogP contribution < -0.4 is 19.7 Å². The summed E-state index contributed by atoms with van der Waals surface area (Å²) in [6.45, 7) is 3.87. The number of rotatable bonds is 6. The SMILES string of the molecule is COc1ccc(C2=C(Nc3ccc(C)cc3C)C(=O)N(c3ccccc3F)C2=O)cc1OC. The number of hydrogen-bond donors (Lipinski definition) is 1. The van der Waals surface area contributed by atoms with Gasteiger partial charge in [-0.2, -0.15) is 0 Å². The van der Waals surface area contributed by atoms with Crippen molar-refractivity contribution >= 4 is 28.8 Å². The summed E-state index contributed by atoms with van der Waals surface area (Å²) in [6.07, 6.45) is 0. The number of carbonyl (C=O) groups is 2. The van der Waals surface area contributed by atoms with E-state index in [-0.39, 0.29) is 17.0 Å². The molecule has 0 fully saturated rings. The van der Waals surface area contributed by atoms with Gasteiger partial charge in [-0.05, 0) is 55.3 Å². The van der Waals surface area contributed by atoms with Gasteiger partial charge in [0.1, 0.15) is 11.5 Å². The molecule has 1 aliphatic rings. The number of carbonyl (C=O) groups excluding carboxylic acids is 2. The Morgan fingerprint density at radius 2 is 1.58 bits per heavy atom. The summed E-state index contributed by atoms with van der Waals surface area (Å²) >= 11 is 0. The Balaban J connectivity index is 1.89. The zero-order valence-corrected chi connectivity index (χ0v) is 18.7. The third-order valence-electron chi connectivity index (χ3n) is 5.49. The highest BCUT2D eigenvalue weighted by Gasteiger charge is 2.41. The van der Waals surface area contributed by atoms with Crippen LogP contribution in [0.2, 0.25) is 0 Å². The molecule has 2 amide bonds. The van der Waals surface area contributed by atoms with E-state index in [1.54, 1.807) is 24.3 Å². The Bertz CT molecular complexity index is 1300. The predicted molar refractivity (Wildman–Crippen MR) is 125 cm³/mol. The number of halogens is 1. The third-order valence-corrected chi connectivity index (χ3v) is 5.49. The summed E-state index contributed by atoms with van der Waals surface area (Å²) in [5, 5.41) is 3.12. The van der Waals surface area contributed by atoms with E-state index in [1.807, 2.05) is 32.0 Å². The first kappa shape index (κ1) is 22.1. The molecule has 0 saturated heterocycles. The molecule has 1 N–H and O–H groups in total. The van der Waals surface area contributed by atoms with Crippen molar-refractivity contribution in [1.29, 1.82) is 0 Å². The molecule has 1 aliphatic heterocycles. The van der Waals surface area contributed by atoms with E-state index in [0.29, 0.717) is 22.7 Å². The molecule has 3 aromatic carbocycles. The maximum absolute atomic E-state index is 14.6. The first-order chi connectivity index (χ1) is 15.8. The topological polar surface area (TPSA) is 67.9 Å². The highest BCUT2D eigenvalue weighted by Crippen LogP contribution is 2.38. The number of aryl methyl sites for hydroxylation is 2. The normalized spacial score (nSPS) is 13.5. The smallest absolute Gasteiger partial charge is 0.282 e. The maximum Gasteiger partial charge on any atom is 0.282 e. The zero-order valence-electron chi connectivity index (χ0n) is 18.7. The van der Waals surface area contributed by atoms with E-state index in [0.717, 1.165) is 16.0 Å². The Morgan fingerprint density at radius 3 is 2.24 bits per heavy atom. The van der Waals surface area contributed by atoms with Gasteiger partial charge in [-0.1, -0.05) is 35.9 Å². The molecule has 0 radical (unpaired) electrons. The highest BCUT2D eigenvalue weighted by molar-refractivity contribution is 6.46. The second kappa shape index (κ2) is 8.78. The summed E-state index contributed by atoms with van der Waals surface area (Å²) in [5.74, 6) is -1.07. The van der Waals surface area contributed by atoms with Crippen molar-refractivity contribution < 1.29 is 23.5 Å². The number of amides is 2. The van der Waals surface area contributed by atoms with Crippen LogP contribution in [0.1, 0.15) is 16.7 Å². The molecule has 0 saturated carbocycles. The molecular weight excluding hydrogens is 423 g/mol. The largest absolute Gasteiger partial charge is 0.493 e. The molecular formula is C26H23FN2O4. The molecule has 3 aromatic rings. The first-order valence-electron chi connectivity index (χ1n) is 10.3. The van der Waals surface area contributed by atoms with Gasteiger partial charge in [0.15, 0.2) is 11.5 Å². The van der Waals surface area contributed by atoms with E-state index in [9.17, 15) is 14.0 Å². The van der Waals surface area contributed by atoms with Gasteiger partial charge < -0.3 is 14.8 Å². The number of methoxy groups -OCH3 is 2. The van der Waals surface area contributed by atoms with Crippen LogP contribution in [0, 0.1) is 19.7 Å². The van der Waals surface area contributed by atoms with E-state index in [2.05, 4.69) is 5.32 Å². The molecule has 7 heteroatoms. The fourth-order valence-corrected chi connectivity index (χ4v) is 3.85. The second-order valence-corrected chi connectivity index (χ2v) is 7.66. The number of hydrogen-bond acceptors (Lipinski definition) is 5. The molecule has 0 aromatic heterocycles. The first-order valence-corrected chi connectivity index (χ1v) is 10.3. The van der Waals surface area contributed by atoms with Gasteiger partial charge in [0, 0.05) is 5.69 Å². The minimum atomic E-state index is -0.668. The molecule has 0 bridgehead atoms. The molecule has 33 heavy (non-hydrogen) atoms. The molecule has 1 heterocycles. The van der Waals surface area contributed by atoms with Crippen molar-refractivity contribution in [2.24, 2.45) is 0 Å². The van der Waals surface area contributed by atoms with Crippen LogP contribution in [0.4, 0.5) is 15.8 Å². The average molecular weight is 446 g/mol. The number of anilines is 2. The summed E-state index contributed by atoms with van der Waals surface area (Å²) in [5.41, 5.74) is 3.14. The van der Waals surface area contributed by atoms with E-state index in [4.69, 9.17) is 9.47 Å². The van der Waals surface area contributed by atoms with Gasteiger partial charge in [-0.15, -0.1) is 0 Å². The van der Waals surface area contributed by atoms with Gasteiger partial charge >= 0.3 is 0 Å². The van der Waals surface area contributed by atoms with Gasteiger partial charge in [0.2, 0.25) is 0 Å². The van der Waals surface area contributed by atoms with E-state index >= 15 is 0 Å². The van der Waals surface area contributed by atoms with Crippen molar-refractivity contribution in [2.75, 3.05) is 24.4 Å². The van der Waals surface area contributed by atoms with Crippen molar-refractivity contribution in [1.82, 2.24) is 0 Å². The minimum Gasteiger partial charge on any atom is -0.493 e. The molecule has 0 atom stereocenters. The fourth-order valence-electron chi connectivity index (χ4n) is 3.85. The lowest BCUT2D eigenvalue weighted by Gasteiger charge is -2.16. The second-order valence-electron chi connectivity index (χ2n) is 7.66. The van der Waals surface area contributed by atoms with E-state index in [1.165, 1.54) is 32.4 Å². The maximum atomic E-state index is 14.6. The van der Waals surface area contributed by atoms with Crippen molar-refractivity contribution in [3.05, 3.63) is 88.9 Å². The van der Waals surface area contributed by atoms with Gasteiger partial charge in [0.25, 0.3) is 11.8 Å². The lowest BCUT2D eigenvalue weighted by Crippen LogP contribution is -2.33. The van der Waals surface area contributed by atoms with Crippen molar-refractivity contribution in [3.63, 3.8) is 0 Å². The Labute approximate surface area is 191 Å². The molecule has 4 rings (SSSR count). The summed E-state index contributed by atoms with van der Waals surface area (Å²) in [7, 11) is 2.99. The predicted octanol–water partition coefficient (Wildman–Crippen LogP) is 4.86. The van der Waals surface area contributed by atoms with Gasteiger partial charge in [-0.3, -0.25) is 9.59 Å². The number of nitrogens with one attached hydrogen (secondary N) is 1. The highest BCUT2D eigenvalue weighted by atomic mass is 19.1.